The molecular weight excluding hydrogens is 362 g/mol. The van der Waals surface area contributed by atoms with E-state index in [4.69, 9.17) is 0 Å². The molecule has 0 aliphatic carbocycles. The van der Waals surface area contributed by atoms with Crippen LogP contribution >= 0.6 is 0 Å². The zero-order valence-corrected chi connectivity index (χ0v) is 16.7. The SMILES string of the molecule is CCCc1nc(=O)c(C=O)c(CC)n1Cc1ccc(-c2ccccc2C#N)cc1. The van der Waals surface area contributed by atoms with Gasteiger partial charge in [-0.15, -0.1) is 0 Å². The van der Waals surface area contributed by atoms with Gasteiger partial charge in [0.1, 0.15) is 11.4 Å². The molecule has 1 heterocycles. The third-order valence-electron chi connectivity index (χ3n) is 4.99. The summed E-state index contributed by atoms with van der Waals surface area (Å²) in [5, 5.41) is 9.33. The van der Waals surface area contributed by atoms with E-state index in [9.17, 15) is 14.9 Å². The molecule has 146 valence electrons. The Kier molecular flexibility index (Phi) is 6.36. The smallest absolute Gasteiger partial charge is 0.283 e. The molecule has 0 atom stereocenters. The highest BCUT2D eigenvalue weighted by Crippen LogP contribution is 2.24. The number of aryl methyl sites for hydroxylation is 1. The second-order valence-electron chi connectivity index (χ2n) is 6.86. The molecule has 0 unspecified atom stereocenters. The predicted octanol–water partition coefficient (Wildman–Crippen LogP) is 4.16. The van der Waals surface area contributed by atoms with Crippen molar-refractivity contribution in [1.29, 1.82) is 5.26 Å². The van der Waals surface area contributed by atoms with Crippen LogP contribution in [0.5, 0.6) is 0 Å². The number of hydrogen-bond acceptors (Lipinski definition) is 4. The summed E-state index contributed by atoms with van der Waals surface area (Å²) in [4.78, 5) is 27.8. The molecular formula is C24H23N3O2. The molecule has 0 fully saturated rings. The predicted molar refractivity (Wildman–Crippen MR) is 113 cm³/mol. The fourth-order valence-electron chi connectivity index (χ4n) is 3.57. The van der Waals surface area contributed by atoms with Gasteiger partial charge in [0.25, 0.3) is 5.56 Å². The molecule has 0 N–H and O–H groups in total. The Morgan fingerprint density at radius 2 is 1.83 bits per heavy atom. The van der Waals surface area contributed by atoms with Crippen molar-refractivity contribution in [3.05, 3.63) is 87.1 Å². The van der Waals surface area contributed by atoms with Crippen LogP contribution in [-0.4, -0.2) is 15.8 Å². The molecule has 3 aromatic rings. The van der Waals surface area contributed by atoms with Gasteiger partial charge in [-0.2, -0.15) is 10.2 Å². The molecule has 0 saturated carbocycles. The topological polar surface area (TPSA) is 75.8 Å². The summed E-state index contributed by atoms with van der Waals surface area (Å²) in [7, 11) is 0. The lowest BCUT2D eigenvalue weighted by Crippen LogP contribution is -2.26. The van der Waals surface area contributed by atoms with Crippen LogP contribution in [0, 0.1) is 11.3 Å². The quantitative estimate of drug-likeness (QED) is 0.572. The van der Waals surface area contributed by atoms with Gasteiger partial charge in [0.2, 0.25) is 0 Å². The zero-order valence-electron chi connectivity index (χ0n) is 16.7. The average Bonchev–Trinajstić information content (AvgIpc) is 2.75. The van der Waals surface area contributed by atoms with Crippen LogP contribution in [0.4, 0.5) is 0 Å². The standard InChI is InChI=1S/C24H23N3O2/c1-3-7-23-26-24(29)21(16-28)22(4-2)27(23)15-17-10-12-18(13-11-17)20-9-6-5-8-19(20)14-25/h5-6,8-13,16H,3-4,7,15H2,1-2H3. The molecule has 5 nitrogen and oxygen atoms in total. The van der Waals surface area contributed by atoms with Crippen molar-refractivity contribution in [3.63, 3.8) is 0 Å². The second kappa shape index (κ2) is 9.11. The number of aldehydes is 1. The van der Waals surface area contributed by atoms with Crippen LogP contribution in [0.25, 0.3) is 11.1 Å². The molecule has 5 heteroatoms. The molecule has 3 rings (SSSR count). The van der Waals surface area contributed by atoms with Crippen LogP contribution in [0.3, 0.4) is 0 Å². The molecule has 0 aliphatic heterocycles. The summed E-state index contributed by atoms with van der Waals surface area (Å²) in [5.74, 6) is 0.707. The average molecular weight is 385 g/mol. The van der Waals surface area contributed by atoms with Crippen LogP contribution in [0.1, 0.15) is 53.3 Å². The summed E-state index contributed by atoms with van der Waals surface area (Å²) >= 11 is 0. The summed E-state index contributed by atoms with van der Waals surface area (Å²) in [6, 6.07) is 17.7. The maximum absolute atomic E-state index is 12.2. The molecule has 0 radical (unpaired) electrons. The van der Waals surface area contributed by atoms with E-state index >= 15 is 0 Å². The Balaban J connectivity index is 2.01. The van der Waals surface area contributed by atoms with Crippen molar-refractivity contribution in [2.24, 2.45) is 0 Å². The lowest BCUT2D eigenvalue weighted by molar-refractivity contribution is 0.112. The van der Waals surface area contributed by atoms with E-state index in [0.717, 1.165) is 28.8 Å². The normalized spacial score (nSPS) is 10.5. The molecule has 0 amide bonds. The minimum absolute atomic E-state index is 0.145. The lowest BCUT2D eigenvalue weighted by atomic mass is 9.99. The van der Waals surface area contributed by atoms with Crippen LogP contribution in [0.2, 0.25) is 0 Å². The number of nitrogens with zero attached hydrogens (tertiary/aromatic N) is 3. The maximum atomic E-state index is 12.2. The Morgan fingerprint density at radius 1 is 1.10 bits per heavy atom. The number of carbonyl (C=O) groups excluding carboxylic acids is 1. The van der Waals surface area contributed by atoms with Gasteiger partial charge < -0.3 is 4.57 Å². The zero-order chi connectivity index (χ0) is 20.8. The Bertz CT molecular complexity index is 1120. The number of nitriles is 1. The molecule has 0 saturated heterocycles. The minimum atomic E-state index is -0.444. The maximum Gasteiger partial charge on any atom is 0.283 e. The third-order valence-corrected chi connectivity index (χ3v) is 4.99. The van der Waals surface area contributed by atoms with Gasteiger partial charge >= 0.3 is 0 Å². The molecule has 1 aromatic heterocycles. The number of benzene rings is 2. The van der Waals surface area contributed by atoms with E-state index in [0.29, 0.717) is 37.1 Å². The van der Waals surface area contributed by atoms with Gasteiger partial charge in [0.05, 0.1) is 11.6 Å². The highest BCUT2D eigenvalue weighted by molar-refractivity contribution is 5.76. The fourth-order valence-corrected chi connectivity index (χ4v) is 3.57. The first-order chi connectivity index (χ1) is 14.1. The molecule has 2 aromatic carbocycles. The third kappa shape index (κ3) is 4.17. The van der Waals surface area contributed by atoms with Gasteiger partial charge in [0.15, 0.2) is 6.29 Å². The Morgan fingerprint density at radius 3 is 2.45 bits per heavy atom. The summed E-state index contributed by atoms with van der Waals surface area (Å²) in [5.41, 5.74) is 3.98. The van der Waals surface area contributed by atoms with Crippen LogP contribution in [-0.2, 0) is 19.4 Å². The van der Waals surface area contributed by atoms with E-state index in [2.05, 4.69) is 11.1 Å². The number of aromatic nitrogens is 2. The number of carbonyl (C=O) groups is 1. The summed E-state index contributed by atoms with van der Waals surface area (Å²) in [6.07, 6.45) is 2.73. The Labute approximate surface area is 170 Å². The van der Waals surface area contributed by atoms with E-state index in [1.807, 2.05) is 60.9 Å². The first-order valence-electron chi connectivity index (χ1n) is 9.79. The summed E-state index contributed by atoms with van der Waals surface area (Å²) in [6.45, 7) is 4.51. The van der Waals surface area contributed by atoms with Gasteiger partial charge in [-0.1, -0.05) is 56.3 Å². The van der Waals surface area contributed by atoms with Gasteiger partial charge in [-0.05, 0) is 35.6 Å². The minimum Gasteiger partial charge on any atom is -0.328 e. The van der Waals surface area contributed by atoms with Crippen molar-refractivity contribution < 1.29 is 4.79 Å². The number of rotatable bonds is 7. The highest BCUT2D eigenvalue weighted by Gasteiger charge is 2.15. The van der Waals surface area contributed by atoms with Crippen molar-refractivity contribution in [1.82, 2.24) is 9.55 Å². The van der Waals surface area contributed by atoms with Crippen LogP contribution < -0.4 is 5.56 Å². The molecule has 0 bridgehead atoms. The van der Waals surface area contributed by atoms with Gasteiger partial charge in [0, 0.05) is 18.7 Å². The molecule has 0 aliphatic rings. The fraction of sp³-hybridized carbons (Fsp3) is 0.250. The van der Waals surface area contributed by atoms with Crippen molar-refractivity contribution >= 4 is 6.29 Å². The van der Waals surface area contributed by atoms with E-state index < -0.39 is 5.56 Å². The van der Waals surface area contributed by atoms with Crippen molar-refractivity contribution in [3.8, 4) is 17.2 Å². The van der Waals surface area contributed by atoms with Crippen molar-refractivity contribution in [2.75, 3.05) is 0 Å². The molecule has 29 heavy (non-hydrogen) atoms. The summed E-state index contributed by atoms with van der Waals surface area (Å²) < 4.78 is 1.99. The highest BCUT2D eigenvalue weighted by atomic mass is 16.1. The largest absolute Gasteiger partial charge is 0.328 e. The van der Waals surface area contributed by atoms with Crippen molar-refractivity contribution in [2.45, 2.75) is 39.7 Å². The monoisotopic (exact) mass is 385 g/mol. The van der Waals surface area contributed by atoms with E-state index in [-0.39, 0.29) is 5.56 Å². The van der Waals surface area contributed by atoms with E-state index in [1.54, 1.807) is 6.07 Å². The van der Waals surface area contributed by atoms with Crippen LogP contribution in [0.15, 0.2) is 53.3 Å². The first kappa shape index (κ1) is 20.2. The second-order valence-corrected chi connectivity index (χ2v) is 6.86. The van der Waals surface area contributed by atoms with Gasteiger partial charge in [-0.3, -0.25) is 9.59 Å². The lowest BCUT2D eigenvalue weighted by Gasteiger charge is -2.18. The Hall–Kier alpha value is -3.52. The van der Waals surface area contributed by atoms with Gasteiger partial charge in [-0.25, -0.2) is 0 Å². The molecule has 0 spiro atoms. The first-order valence-corrected chi connectivity index (χ1v) is 9.79. The number of hydrogen-bond donors (Lipinski definition) is 0. The van der Waals surface area contributed by atoms with E-state index in [1.165, 1.54) is 0 Å².